The molecular formula is C13H19NOS2. The Morgan fingerprint density at radius 3 is 2.82 bits per heavy atom. The second-order valence-electron chi connectivity index (χ2n) is 4.44. The maximum Gasteiger partial charge on any atom is 0.220 e. The molecule has 4 heteroatoms. The van der Waals surface area contributed by atoms with Crippen molar-refractivity contribution in [2.45, 2.75) is 43.4 Å². The van der Waals surface area contributed by atoms with Gasteiger partial charge in [0.25, 0.3) is 0 Å². The smallest absolute Gasteiger partial charge is 0.220 e. The molecule has 0 bridgehead atoms. The summed E-state index contributed by atoms with van der Waals surface area (Å²) in [6.45, 7) is 0. The van der Waals surface area contributed by atoms with E-state index < -0.39 is 0 Å². The first-order chi connectivity index (χ1) is 8.34. The van der Waals surface area contributed by atoms with Crippen molar-refractivity contribution in [3.8, 4) is 0 Å². The molecule has 0 aromatic carbocycles. The monoisotopic (exact) mass is 269 g/mol. The van der Waals surface area contributed by atoms with E-state index >= 15 is 0 Å². The van der Waals surface area contributed by atoms with E-state index in [9.17, 15) is 4.79 Å². The third-order valence-electron chi connectivity index (χ3n) is 2.98. The van der Waals surface area contributed by atoms with Gasteiger partial charge in [-0.05, 0) is 19.3 Å². The van der Waals surface area contributed by atoms with Gasteiger partial charge in [-0.15, -0.1) is 0 Å². The fourth-order valence-electron chi connectivity index (χ4n) is 2.01. The molecule has 0 saturated carbocycles. The van der Waals surface area contributed by atoms with Gasteiger partial charge >= 0.3 is 0 Å². The summed E-state index contributed by atoms with van der Waals surface area (Å²) in [5, 5.41) is 3.82. The van der Waals surface area contributed by atoms with Crippen LogP contribution in [0, 0.1) is 0 Å². The number of amides is 1. The molecule has 0 aromatic heterocycles. The number of unbranched alkanes of at least 4 members (excludes halogenated alkanes) is 1. The molecular weight excluding hydrogens is 250 g/mol. The lowest BCUT2D eigenvalue weighted by atomic mass is 10.1. The van der Waals surface area contributed by atoms with Gasteiger partial charge in [0, 0.05) is 17.4 Å². The zero-order valence-electron chi connectivity index (χ0n) is 9.93. The van der Waals surface area contributed by atoms with Crippen LogP contribution in [0.3, 0.4) is 0 Å². The molecule has 1 fully saturated rings. The summed E-state index contributed by atoms with van der Waals surface area (Å²) < 4.78 is 0. The number of carbonyl (C=O) groups excluding carboxylic acids is 1. The molecule has 17 heavy (non-hydrogen) atoms. The van der Waals surface area contributed by atoms with Crippen LogP contribution in [0.15, 0.2) is 24.3 Å². The lowest BCUT2D eigenvalue weighted by molar-refractivity contribution is -0.121. The van der Waals surface area contributed by atoms with Gasteiger partial charge in [0.15, 0.2) is 0 Å². The van der Waals surface area contributed by atoms with Crippen LogP contribution in [0.1, 0.15) is 32.1 Å². The van der Waals surface area contributed by atoms with Crippen LogP contribution < -0.4 is 5.32 Å². The highest BCUT2D eigenvalue weighted by Gasteiger charge is 2.16. The summed E-state index contributed by atoms with van der Waals surface area (Å²) in [7, 11) is 4.02. The van der Waals surface area contributed by atoms with Crippen LogP contribution in [0.25, 0.3) is 0 Å². The van der Waals surface area contributed by atoms with Crippen molar-refractivity contribution >= 4 is 27.5 Å². The second kappa shape index (κ2) is 7.17. The average Bonchev–Trinajstić information content (AvgIpc) is 2.96. The number of nitrogens with one attached hydrogen (secondary N) is 1. The van der Waals surface area contributed by atoms with E-state index in [0.29, 0.717) is 6.42 Å². The van der Waals surface area contributed by atoms with Gasteiger partial charge < -0.3 is 5.32 Å². The molecule has 1 atom stereocenters. The Bertz CT molecular complexity index is 297. The topological polar surface area (TPSA) is 29.1 Å². The van der Waals surface area contributed by atoms with Crippen LogP contribution in [0.5, 0.6) is 0 Å². The van der Waals surface area contributed by atoms with Gasteiger partial charge in [0.1, 0.15) is 0 Å². The van der Waals surface area contributed by atoms with E-state index in [2.05, 4.69) is 5.32 Å². The first-order valence-corrected chi connectivity index (χ1v) is 8.65. The predicted molar refractivity (Wildman–Crippen MR) is 77.1 cm³/mol. The largest absolute Gasteiger partial charge is 0.346 e. The summed E-state index contributed by atoms with van der Waals surface area (Å²) in [6, 6.07) is 0.129. The summed E-state index contributed by atoms with van der Waals surface area (Å²) >= 11 is 0. The van der Waals surface area contributed by atoms with Crippen LogP contribution in [0.2, 0.25) is 0 Å². The number of allylic oxidation sites excluding steroid dienone is 2. The third-order valence-corrected chi connectivity index (χ3v) is 5.99. The van der Waals surface area contributed by atoms with Gasteiger partial charge in [-0.1, -0.05) is 52.3 Å². The fraction of sp³-hybridized carbons (Fsp3) is 0.615. The Labute approximate surface area is 111 Å². The van der Waals surface area contributed by atoms with Gasteiger partial charge in [-0.25, -0.2) is 0 Å². The Morgan fingerprint density at radius 1 is 1.29 bits per heavy atom. The third kappa shape index (κ3) is 4.80. The van der Waals surface area contributed by atoms with Crippen molar-refractivity contribution in [1.82, 2.24) is 5.32 Å². The lowest BCUT2D eigenvalue weighted by Gasteiger charge is -2.09. The summed E-state index contributed by atoms with van der Waals surface area (Å²) in [4.78, 5) is 11.6. The Kier molecular flexibility index (Phi) is 5.52. The maximum atomic E-state index is 11.6. The zero-order chi connectivity index (χ0) is 11.9. The van der Waals surface area contributed by atoms with Crippen LogP contribution in [-0.4, -0.2) is 23.0 Å². The number of hydrogen-bond acceptors (Lipinski definition) is 3. The zero-order valence-corrected chi connectivity index (χ0v) is 11.6. The maximum absolute atomic E-state index is 11.6. The minimum Gasteiger partial charge on any atom is -0.346 e. The molecule has 2 rings (SSSR count). The molecule has 0 radical (unpaired) electrons. The second-order valence-corrected chi connectivity index (χ2v) is 7.23. The van der Waals surface area contributed by atoms with Crippen LogP contribution >= 0.6 is 21.6 Å². The normalized spacial score (nSPS) is 23.4. The molecule has 1 unspecified atom stereocenters. The van der Waals surface area contributed by atoms with E-state index in [-0.39, 0.29) is 11.9 Å². The van der Waals surface area contributed by atoms with E-state index in [1.807, 2.05) is 45.9 Å². The molecule has 0 spiro atoms. The number of hydrogen-bond donors (Lipinski definition) is 1. The van der Waals surface area contributed by atoms with E-state index in [4.69, 9.17) is 0 Å². The predicted octanol–water partition coefficient (Wildman–Crippen LogP) is 3.31. The van der Waals surface area contributed by atoms with Gasteiger partial charge in [0.05, 0.1) is 6.04 Å². The van der Waals surface area contributed by atoms with Crippen LogP contribution in [-0.2, 0) is 4.79 Å². The highest BCUT2D eigenvalue weighted by molar-refractivity contribution is 8.77. The molecule has 1 amide bonds. The molecule has 1 heterocycles. The van der Waals surface area contributed by atoms with Crippen molar-refractivity contribution in [2.75, 3.05) is 5.75 Å². The quantitative estimate of drug-likeness (QED) is 0.592. The molecule has 2 nitrogen and oxygen atoms in total. The summed E-state index contributed by atoms with van der Waals surface area (Å²) in [5.41, 5.74) is 0. The average molecular weight is 269 g/mol. The standard InChI is InChI=1S/C13H19NOS2/c15-13(14-11-5-1-2-6-11)8-4-3-7-12-9-10-16-17-12/h1-2,5-6,11-12H,3-4,7-10H2,(H,14,15). The first kappa shape index (κ1) is 13.1. The van der Waals surface area contributed by atoms with Crippen LogP contribution in [0.4, 0.5) is 0 Å². The summed E-state index contributed by atoms with van der Waals surface area (Å²) in [6.07, 6.45) is 13.4. The van der Waals surface area contributed by atoms with Crippen molar-refractivity contribution in [3.63, 3.8) is 0 Å². The van der Waals surface area contributed by atoms with E-state index in [1.165, 1.54) is 25.0 Å². The van der Waals surface area contributed by atoms with Gasteiger partial charge in [-0.3, -0.25) is 4.79 Å². The first-order valence-electron chi connectivity index (χ1n) is 6.27. The minimum atomic E-state index is 0.129. The number of rotatable bonds is 6. The van der Waals surface area contributed by atoms with Crippen molar-refractivity contribution in [1.29, 1.82) is 0 Å². The molecule has 1 aliphatic carbocycles. The van der Waals surface area contributed by atoms with Crippen molar-refractivity contribution in [2.24, 2.45) is 0 Å². The molecule has 2 aliphatic rings. The minimum absolute atomic E-state index is 0.129. The van der Waals surface area contributed by atoms with E-state index in [0.717, 1.165) is 11.7 Å². The Hall–Kier alpha value is -0.350. The highest BCUT2D eigenvalue weighted by atomic mass is 33.1. The van der Waals surface area contributed by atoms with E-state index in [1.54, 1.807) is 0 Å². The van der Waals surface area contributed by atoms with Crippen molar-refractivity contribution in [3.05, 3.63) is 24.3 Å². The summed E-state index contributed by atoms with van der Waals surface area (Å²) in [5.74, 6) is 1.48. The highest BCUT2D eigenvalue weighted by Crippen LogP contribution is 2.39. The number of carbonyl (C=O) groups is 1. The molecule has 1 N–H and O–H groups in total. The van der Waals surface area contributed by atoms with Gasteiger partial charge in [-0.2, -0.15) is 0 Å². The molecule has 1 saturated heterocycles. The van der Waals surface area contributed by atoms with Gasteiger partial charge in [0.2, 0.25) is 5.91 Å². The SMILES string of the molecule is O=C(CCCCC1CCSS1)NC1C=CC=C1. The van der Waals surface area contributed by atoms with Crippen molar-refractivity contribution < 1.29 is 4.79 Å². The fourth-order valence-corrected chi connectivity index (χ4v) is 5.04. The lowest BCUT2D eigenvalue weighted by Crippen LogP contribution is -2.30. The Balaban J connectivity index is 1.50. The Morgan fingerprint density at radius 2 is 2.12 bits per heavy atom. The molecule has 1 aliphatic heterocycles. The molecule has 94 valence electrons. The molecule has 0 aromatic rings.